The molecule has 0 radical (unpaired) electrons. The molecule has 0 aliphatic rings. The van der Waals surface area contributed by atoms with E-state index >= 15 is 0 Å². The maximum Gasteiger partial charge on any atom is 0.313 e. The van der Waals surface area contributed by atoms with Crippen LogP contribution in [0.4, 0.5) is 0 Å². The van der Waals surface area contributed by atoms with Gasteiger partial charge in [0.05, 0.1) is 0 Å². The number of hydrogen-bond donors (Lipinski definition) is 0. The molecule has 0 atom stereocenters. The molecule has 0 aromatic carbocycles. The number of carbonyl (C=O) groups excluding carboxylic acids is 2. The van der Waals surface area contributed by atoms with Gasteiger partial charge in [-0.1, -0.05) is 322 Å². The molecule has 0 heterocycles. The van der Waals surface area contributed by atoms with Gasteiger partial charge in [-0.05, 0) is 12.8 Å². The van der Waals surface area contributed by atoms with Crippen molar-refractivity contribution in [1.82, 2.24) is 0 Å². The molecule has 0 aromatic heterocycles. The zero-order valence-corrected chi connectivity index (χ0v) is 41.0. The summed E-state index contributed by atoms with van der Waals surface area (Å²) in [5.74, 6) is -0.632. The lowest BCUT2D eigenvalue weighted by Crippen LogP contribution is -2.11. The minimum Gasteiger partial charge on any atom is -0.393 e. The Balaban J connectivity index is 3.23. The van der Waals surface area contributed by atoms with Crippen LogP contribution < -0.4 is 0 Å². The van der Waals surface area contributed by atoms with Crippen molar-refractivity contribution in [2.45, 2.75) is 348 Å². The number of ether oxygens (including phenoxy) is 1. The van der Waals surface area contributed by atoms with Crippen LogP contribution in [0.2, 0.25) is 0 Å². The molecule has 352 valence electrons. The van der Waals surface area contributed by atoms with Crippen LogP contribution in [0.1, 0.15) is 348 Å². The highest BCUT2D eigenvalue weighted by atomic mass is 16.6. The Hall–Kier alpha value is -0.860. The predicted molar refractivity (Wildman–Crippen MR) is 263 cm³/mol. The van der Waals surface area contributed by atoms with Crippen molar-refractivity contribution >= 4 is 11.9 Å². The third kappa shape index (κ3) is 53.2. The molecule has 0 aliphatic carbocycles. The lowest BCUT2D eigenvalue weighted by atomic mass is 10.0. The van der Waals surface area contributed by atoms with Crippen LogP contribution in [0.25, 0.3) is 0 Å². The van der Waals surface area contributed by atoms with E-state index in [0.717, 1.165) is 25.7 Å². The van der Waals surface area contributed by atoms with Crippen molar-refractivity contribution < 1.29 is 14.3 Å². The molecule has 0 N–H and O–H groups in total. The monoisotopic (exact) mass is 831 g/mol. The second-order valence-corrected chi connectivity index (χ2v) is 19.3. The van der Waals surface area contributed by atoms with E-state index in [9.17, 15) is 9.59 Å². The zero-order valence-electron chi connectivity index (χ0n) is 41.0. The van der Waals surface area contributed by atoms with Crippen LogP contribution in [-0.2, 0) is 14.3 Å². The van der Waals surface area contributed by atoms with Crippen LogP contribution in [0, 0.1) is 0 Å². The molecule has 0 bridgehead atoms. The Labute approximate surface area is 372 Å². The molecule has 0 saturated heterocycles. The van der Waals surface area contributed by atoms with E-state index in [1.54, 1.807) is 0 Å². The first-order valence-electron chi connectivity index (χ1n) is 27.9. The Bertz CT molecular complexity index is 728. The van der Waals surface area contributed by atoms with Crippen molar-refractivity contribution in [3.05, 3.63) is 0 Å². The van der Waals surface area contributed by atoms with Gasteiger partial charge in [-0.25, -0.2) is 0 Å². The average Bonchev–Trinajstić information content (AvgIpc) is 3.23. The minimum absolute atomic E-state index is 0.316. The van der Waals surface area contributed by atoms with Crippen LogP contribution >= 0.6 is 0 Å². The quantitative estimate of drug-likeness (QED) is 0.0348. The second-order valence-electron chi connectivity index (χ2n) is 19.3. The number of carbonyl (C=O) groups is 2. The molecule has 59 heavy (non-hydrogen) atoms. The van der Waals surface area contributed by atoms with Gasteiger partial charge in [0, 0.05) is 12.8 Å². The molecule has 0 rings (SSSR count). The van der Waals surface area contributed by atoms with Crippen LogP contribution in [0.5, 0.6) is 0 Å². The standard InChI is InChI=1S/C56H110O3/c1-3-5-7-9-11-13-15-17-19-21-23-25-27-29-31-33-35-37-39-41-43-45-47-49-51-53-55(57)59-56(58)54-52-50-48-46-44-42-40-38-36-34-32-30-28-26-24-22-20-18-16-14-12-10-8-6-4-2/h3-54H2,1-2H3. The number of rotatable bonds is 52. The maximum atomic E-state index is 12.1. The molecular formula is C56H110O3. The summed E-state index contributed by atoms with van der Waals surface area (Å²) in [6, 6.07) is 0. The summed E-state index contributed by atoms with van der Waals surface area (Å²) in [7, 11) is 0. The van der Waals surface area contributed by atoms with E-state index < -0.39 is 0 Å². The van der Waals surface area contributed by atoms with Crippen LogP contribution in [-0.4, -0.2) is 11.9 Å². The molecule has 0 aromatic rings. The summed E-state index contributed by atoms with van der Waals surface area (Å²) in [6.07, 6.45) is 69.6. The minimum atomic E-state index is -0.316. The first kappa shape index (κ1) is 58.1. The fourth-order valence-corrected chi connectivity index (χ4v) is 9.05. The van der Waals surface area contributed by atoms with E-state index in [-0.39, 0.29) is 11.9 Å². The van der Waals surface area contributed by atoms with Crippen LogP contribution in [0.3, 0.4) is 0 Å². The smallest absolute Gasteiger partial charge is 0.313 e. The number of esters is 2. The summed E-state index contributed by atoms with van der Waals surface area (Å²) in [5, 5.41) is 0. The van der Waals surface area contributed by atoms with E-state index in [1.165, 1.54) is 295 Å². The lowest BCUT2D eigenvalue weighted by Gasteiger charge is -2.05. The van der Waals surface area contributed by atoms with E-state index in [1.807, 2.05) is 0 Å². The largest absolute Gasteiger partial charge is 0.393 e. The van der Waals surface area contributed by atoms with Crippen molar-refractivity contribution in [2.75, 3.05) is 0 Å². The molecular weight excluding hydrogens is 721 g/mol. The predicted octanol–water partition coefficient (Wildman–Crippen LogP) is 20.4. The summed E-state index contributed by atoms with van der Waals surface area (Å²) in [6.45, 7) is 4.60. The van der Waals surface area contributed by atoms with Crippen molar-refractivity contribution in [1.29, 1.82) is 0 Å². The molecule has 0 spiro atoms. The normalized spacial score (nSPS) is 11.5. The zero-order chi connectivity index (χ0) is 42.6. The summed E-state index contributed by atoms with van der Waals surface area (Å²) in [4.78, 5) is 24.2. The number of hydrogen-bond acceptors (Lipinski definition) is 3. The highest BCUT2D eigenvalue weighted by molar-refractivity contribution is 5.85. The maximum absolute atomic E-state index is 12.1. The highest BCUT2D eigenvalue weighted by Crippen LogP contribution is 2.18. The Kier molecular flexibility index (Phi) is 52.5. The molecule has 0 aliphatic heterocycles. The van der Waals surface area contributed by atoms with Gasteiger partial charge in [-0.3, -0.25) is 9.59 Å². The molecule has 0 amide bonds. The topological polar surface area (TPSA) is 43.4 Å². The third-order valence-electron chi connectivity index (χ3n) is 13.2. The van der Waals surface area contributed by atoms with E-state index in [0.29, 0.717) is 12.8 Å². The van der Waals surface area contributed by atoms with Gasteiger partial charge in [-0.2, -0.15) is 0 Å². The van der Waals surface area contributed by atoms with Gasteiger partial charge in [0.25, 0.3) is 0 Å². The summed E-state index contributed by atoms with van der Waals surface area (Å²) < 4.78 is 5.08. The molecule has 0 fully saturated rings. The van der Waals surface area contributed by atoms with E-state index in [4.69, 9.17) is 4.74 Å². The fourth-order valence-electron chi connectivity index (χ4n) is 9.05. The number of unbranched alkanes of at least 4 members (excludes halogenated alkanes) is 48. The van der Waals surface area contributed by atoms with Gasteiger partial charge in [-0.15, -0.1) is 0 Å². The van der Waals surface area contributed by atoms with Gasteiger partial charge in [0.15, 0.2) is 0 Å². The Morgan fingerprint density at radius 1 is 0.203 bits per heavy atom. The Morgan fingerprint density at radius 3 is 0.458 bits per heavy atom. The summed E-state index contributed by atoms with van der Waals surface area (Å²) >= 11 is 0. The van der Waals surface area contributed by atoms with Gasteiger partial charge >= 0.3 is 11.9 Å². The average molecular weight is 831 g/mol. The third-order valence-corrected chi connectivity index (χ3v) is 13.2. The first-order valence-corrected chi connectivity index (χ1v) is 27.9. The van der Waals surface area contributed by atoms with Gasteiger partial charge < -0.3 is 4.74 Å². The van der Waals surface area contributed by atoms with Gasteiger partial charge in [0.2, 0.25) is 0 Å². The molecule has 3 heteroatoms. The SMILES string of the molecule is CCCCCCCCCCCCCCCCCCCCCCCCCCCC(=O)OC(=O)CCCCCCCCCCCCCCCCCCCCCCCCCCC. The second kappa shape index (κ2) is 53.3. The first-order chi connectivity index (χ1) is 29.2. The molecule has 0 saturated carbocycles. The van der Waals surface area contributed by atoms with E-state index in [2.05, 4.69) is 13.8 Å². The lowest BCUT2D eigenvalue weighted by molar-refractivity contribution is -0.159. The molecule has 0 unspecified atom stereocenters. The van der Waals surface area contributed by atoms with Crippen molar-refractivity contribution in [3.8, 4) is 0 Å². The van der Waals surface area contributed by atoms with Crippen LogP contribution in [0.15, 0.2) is 0 Å². The van der Waals surface area contributed by atoms with Gasteiger partial charge in [0.1, 0.15) is 0 Å². The molecule has 3 nitrogen and oxygen atoms in total. The van der Waals surface area contributed by atoms with Crippen molar-refractivity contribution in [2.24, 2.45) is 0 Å². The fraction of sp³-hybridized carbons (Fsp3) is 0.964. The van der Waals surface area contributed by atoms with Crippen molar-refractivity contribution in [3.63, 3.8) is 0 Å². The Morgan fingerprint density at radius 2 is 0.322 bits per heavy atom. The highest BCUT2D eigenvalue weighted by Gasteiger charge is 2.10. The summed E-state index contributed by atoms with van der Waals surface area (Å²) in [5.41, 5.74) is 0.